The van der Waals surface area contributed by atoms with Crippen molar-refractivity contribution in [2.75, 3.05) is 0 Å². The van der Waals surface area contributed by atoms with Crippen LogP contribution >= 0.6 is 0 Å². The Morgan fingerprint density at radius 2 is 0.938 bits per heavy atom. The summed E-state index contributed by atoms with van der Waals surface area (Å²) in [5.74, 6) is 1.25. The zero-order chi connectivity index (χ0) is 31.3. The average molecular weight is 613 g/mol. The van der Waals surface area contributed by atoms with Crippen molar-refractivity contribution in [1.29, 1.82) is 0 Å². The summed E-state index contributed by atoms with van der Waals surface area (Å²) in [5.41, 5.74) is 11.0. The molecular weight excluding hydrogens is 589 g/mol. The molecule has 222 valence electrons. The molecule has 0 amide bonds. The molecule has 0 saturated carbocycles. The summed E-state index contributed by atoms with van der Waals surface area (Å²) >= 11 is 0. The number of benzene rings is 6. The molecule has 11 rings (SSSR count). The number of para-hydroxylation sites is 3. The molecule has 0 fully saturated rings. The molecule has 0 aliphatic heterocycles. The highest BCUT2D eigenvalue weighted by molar-refractivity contribution is 6.13. The fraction of sp³-hybridized carbons (Fsp3) is 0. The van der Waals surface area contributed by atoms with Gasteiger partial charge >= 0.3 is 0 Å². The Labute approximate surface area is 274 Å². The Bertz CT molecular complexity index is 2900. The molecule has 0 N–H and O–H groups in total. The number of aromatic nitrogens is 6. The van der Waals surface area contributed by atoms with Crippen LogP contribution in [0.15, 0.2) is 146 Å². The highest BCUT2D eigenvalue weighted by Crippen LogP contribution is 2.46. The van der Waals surface area contributed by atoms with Crippen LogP contribution in [0.5, 0.6) is 0 Å². The molecule has 4 aromatic heterocycles. The third kappa shape index (κ3) is 3.40. The van der Waals surface area contributed by atoms with E-state index < -0.39 is 0 Å². The van der Waals surface area contributed by atoms with Crippen molar-refractivity contribution in [2.24, 2.45) is 0 Å². The van der Waals surface area contributed by atoms with Gasteiger partial charge in [-0.15, -0.1) is 0 Å². The second-order valence-corrected chi connectivity index (χ2v) is 12.3. The zero-order valence-electron chi connectivity index (χ0n) is 25.5. The van der Waals surface area contributed by atoms with Gasteiger partial charge in [0.2, 0.25) is 5.95 Å². The highest BCUT2D eigenvalue weighted by atomic mass is 15.2. The maximum Gasteiger partial charge on any atom is 0.237 e. The van der Waals surface area contributed by atoms with Crippen LogP contribution in [0.25, 0.3) is 100 Å². The average Bonchev–Trinajstić information content (AvgIpc) is 3.78. The van der Waals surface area contributed by atoms with E-state index in [9.17, 15) is 0 Å². The van der Waals surface area contributed by atoms with Gasteiger partial charge in [-0.1, -0.05) is 109 Å². The van der Waals surface area contributed by atoms with Gasteiger partial charge in [0.25, 0.3) is 0 Å². The Morgan fingerprint density at radius 3 is 1.62 bits per heavy atom. The second kappa shape index (κ2) is 9.44. The minimum atomic E-state index is 0.591. The van der Waals surface area contributed by atoms with Crippen LogP contribution < -0.4 is 0 Å². The summed E-state index contributed by atoms with van der Waals surface area (Å²) in [6, 6.07) is 50.9. The number of nitrogens with zero attached hydrogens (tertiary/aromatic N) is 6. The van der Waals surface area contributed by atoms with E-state index in [0.29, 0.717) is 17.4 Å². The summed E-state index contributed by atoms with van der Waals surface area (Å²) in [6.45, 7) is 0. The topological polar surface area (TPSA) is 61.4 Å². The standard InChI is InChI=1S/C42H24N6/c1-2-12-25(13-3-1)40-43-38-30-17-4-5-18-31(30)39-37(38)41(45-40)46-42(44-39)48-35-21-11-8-16-29(35)32-24-26(22-23-36(32)48)47-33-19-9-6-14-27(33)28-15-7-10-20-34(28)47/h1-24H. The molecule has 0 bridgehead atoms. The van der Waals surface area contributed by atoms with Crippen LogP contribution in [0.4, 0.5) is 0 Å². The van der Waals surface area contributed by atoms with E-state index >= 15 is 0 Å². The molecule has 6 heteroatoms. The Morgan fingerprint density at radius 1 is 0.396 bits per heavy atom. The van der Waals surface area contributed by atoms with E-state index in [2.05, 4.69) is 124 Å². The van der Waals surface area contributed by atoms with Crippen molar-refractivity contribution in [1.82, 2.24) is 29.1 Å². The minimum absolute atomic E-state index is 0.591. The Balaban J connectivity index is 1.20. The van der Waals surface area contributed by atoms with Crippen molar-refractivity contribution < 1.29 is 0 Å². The highest BCUT2D eigenvalue weighted by Gasteiger charge is 2.28. The molecule has 1 aliphatic rings. The van der Waals surface area contributed by atoms with Gasteiger partial charge in [-0.2, -0.15) is 4.98 Å². The predicted molar refractivity (Wildman–Crippen MR) is 194 cm³/mol. The summed E-state index contributed by atoms with van der Waals surface area (Å²) in [7, 11) is 0. The molecular formula is C42H24N6. The molecule has 0 unspecified atom stereocenters. The van der Waals surface area contributed by atoms with Gasteiger partial charge in [0.15, 0.2) is 11.5 Å². The molecule has 1 aliphatic carbocycles. The molecule has 0 spiro atoms. The fourth-order valence-electron chi connectivity index (χ4n) is 7.64. The third-order valence-corrected chi connectivity index (χ3v) is 9.71. The lowest BCUT2D eigenvalue weighted by molar-refractivity contribution is 1.00. The van der Waals surface area contributed by atoms with Crippen molar-refractivity contribution in [3.8, 4) is 45.5 Å². The Kier molecular flexibility index (Phi) is 5.02. The first-order valence-electron chi connectivity index (χ1n) is 16.1. The number of rotatable bonds is 3. The van der Waals surface area contributed by atoms with Gasteiger partial charge in [-0.05, 0) is 36.4 Å². The largest absolute Gasteiger partial charge is 0.309 e. The van der Waals surface area contributed by atoms with Crippen LogP contribution in [-0.4, -0.2) is 29.1 Å². The number of hydrogen-bond acceptors (Lipinski definition) is 4. The van der Waals surface area contributed by atoms with Crippen LogP contribution in [0.2, 0.25) is 0 Å². The van der Waals surface area contributed by atoms with E-state index in [1.165, 1.54) is 21.8 Å². The van der Waals surface area contributed by atoms with Gasteiger partial charge in [0, 0.05) is 43.9 Å². The van der Waals surface area contributed by atoms with Gasteiger partial charge in [0.05, 0.1) is 38.8 Å². The predicted octanol–water partition coefficient (Wildman–Crippen LogP) is 9.93. The van der Waals surface area contributed by atoms with Gasteiger partial charge < -0.3 is 4.57 Å². The summed E-state index contributed by atoms with van der Waals surface area (Å²) < 4.78 is 4.55. The van der Waals surface area contributed by atoms with Crippen LogP contribution in [0.3, 0.4) is 0 Å². The summed E-state index contributed by atoms with van der Waals surface area (Å²) in [5, 5.41) is 5.67. The molecule has 10 aromatic rings. The van der Waals surface area contributed by atoms with E-state index in [0.717, 1.165) is 61.0 Å². The van der Waals surface area contributed by atoms with Crippen LogP contribution in [0, 0.1) is 0 Å². The SMILES string of the molecule is c1ccc(-c2nc3c4c(nc(-n5c6ccccc6c6cc(-n7c8ccccc8c8ccccc87)ccc65)nc4n2)-c2ccccc2-3)cc1. The Hall–Kier alpha value is -6.66. The smallest absolute Gasteiger partial charge is 0.237 e. The first-order chi connectivity index (χ1) is 23.8. The quantitative estimate of drug-likeness (QED) is 0.199. The molecule has 6 nitrogen and oxygen atoms in total. The molecule has 6 aromatic carbocycles. The van der Waals surface area contributed by atoms with Gasteiger partial charge in [0.1, 0.15) is 0 Å². The maximum atomic E-state index is 5.28. The minimum Gasteiger partial charge on any atom is -0.309 e. The first kappa shape index (κ1) is 25.5. The van der Waals surface area contributed by atoms with Crippen molar-refractivity contribution in [3.63, 3.8) is 0 Å². The number of hydrogen-bond donors (Lipinski definition) is 0. The molecule has 0 saturated heterocycles. The lowest BCUT2D eigenvalue weighted by atomic mass is 10.1. The molecule has 0 radical (unpaired) electrons. The lowest BCUT2D eigenvalue weighted by Gasteiger charge is -2.11. The van der Waals surface area contributed by atoms with E-state index in [-0.39, 0.29) is 0 Å². The fourth-order valence-corrected chi connectivity index (χ4v) is 7.64. The first-order valence-corrected chi connectivity index (χ1v) is 16.1. The molecule has 4 heterocycles. The summed E-state index contributed by atoms with van der Waals surface area (Å²) in [6.07, 6.45) is 0. The van der Waals surface area contributed by atoms with E-state index in [1.54, 1.807) is 0 Å². The van der Waals surface area contributed by atoms with Crippen LogP contribution in [-0.2, 0) is 0 Å². The van der Waals surface area contributed by atoms with Crippen LogP contribution in [0.1, 0.15) is 0 Å². The van der Waals surface area contributed by atoms with Crippen molar-refractivity contribution >= 4 is 54.6 Å². The van der Waals surface area contributed by atoms with Crippen molar-refractivity contribution in [2.45, 2.75) is 0 Å². The van der Waals surface area contributed by atoms with Gasteiger partial charge in [-0.25, -0.2) is 15.0 Å². The normalized spacial score (nSPS) is 12.2. The molecule has 48 heavy (non-hydrogen) atoms. The second-order valence-electron chi connectivity index (χ2n) is 12.3. The zero-order valence-corrected chi connectivity index (χ0v) is 25.5. The number of fused-ring (bicyclic) bond motifs is 9. The maximum absolute atomic E-state index is 5.28. The lowest BCUT2D eigenvalue weighted by Crippen LogP contribution is -2.04. The van der Waals surface area contributed by atoms with E-state index in [4.69, 9.17) is 19.9 Å². The monoisotopic (exact) mass is 612 g/mol. The molecule has 0 atom stereocenters. The van der Waals surface area contributed by atoms with Crippen molar-refractivity contribution in [3.05, 3.63) is 146 Å². The summed E-state index contributed by atoms with van der Waals surface area (Å²) in [4.78, 5) is 20.6. The van der Waals surface area contributed by atoms with E-state index in [1.807, 2.05) is 30.3 Å². The third-order valence-electron chi connectivity index (χ3n) is 9.71. The van der Waals surface area contributed by atoms with Gasteiger partial charge in [-0.3, -0.25) is 4.57 Å².